The number of rotatable bonds is 3. The van der Waals surface area contributed by atoms with Crippen LogP contribution in [0, 0.1) is 20.2 Å². The smallest absolute Gasteiger partial charge is 0.299 e. The summed E-state index contributed by atoms with van der Waals surface area (Å²) in [5.74, 6) is 0. The first-order valence-corrected chi connectivity index (χ1v) is 6.89. The maximum Gasteiger partial charge on any atom is 0.299 e. The largest absolute Gasteiger partial charge is 0.377 e. The first kappa shape index (κ1) is 14.6. The van der Waals surface area contributed by atoms with Gasteiger partial charge in [0, 0.05) is 23.7 Å². The lowest BCUT2D eigenvalue weighted by Crippen LogP contribution is -2.09. The number of benzene rings is 2. The maximum absolute atomic E-state index is 11.3. The van der Waals surface area contributed by atoms with E-state index in [-0.39, 0.29) is 17.1 Å². The molecule has 0 aliphatic carbocycles. The highest BCUT2D eigenvalue weighted by atomic mass is 16.6. The predicted molar refractivity (Wildman–Crippen MR) is 85.2 cm³/mol. The number of aliphatic imine (C=N–C) groups is 1. The van der Waals surface area contributed by atoms with E-state index in [4.69, 9.17) is 0 Å². The summed E-state index contributed by atoms with van der Waals surface area (Å²) in [6.07, 6.45) is 0. The molecule has 23 heavy (non-hydrogen) atoms. The van der Waals surface area contributed by atoms with Crippen molar-refractivity contribution in [1.82, 2.24) is 0 Å². The van der Waals surface area contributed by atoms with Gasteiger partial charge in [-0.25, -0.2) is 0 Å². The van der Waals surface area contributed by atoms with Crippen LogP contribution in [0.5, 0.6) is 0 Å². The van der Waals surface area contributed by atoms with E-state index in [0.717, 1.165) is 11.6 Å². The Morgan fingerprint density at radius 3 is 2.43 bits per heavy atom. The summed E-state index contributed by atoms with van der Waals surface area (Å²) in [5.41, 5.74) is 1.25. The number of anilines is 1. The van der Waals surface area contributed by atoms with Gasteiger partial charge >= 0.3 is 0 Å². The molecule has 2 aromatic rings. The minimum absolute atomic E-state index is 0.265. The van der Waals surface area contributed by atoms with Gasteiger partial charge in [0.15, 0.2) is 0 Å². The molecule has 0 atom stereocenters. The fourth-order valence-electron chi connectivity index (χ4n) is 2.51. The third-order valence-electron chi connectivity index (χ3n) is 3.50. The second-order valence-corrected chi connectivity index (χ2v) is 4.92. The van der Waals surface area contributed by atoms with Crippen molar-refractivity contribution in [2.75, 3.05) is 18.4 Å². The summed E-state index contributed by atoms with van der Waals surface area (Å²) in [4.78, 5) is 25.6. The molecule has 1 N–H and O–H groups in total. The van der Waals surface area contributed by atoms with Crippen molar-refractivity contribution in [2.45, 2.75) is 0 Å². The van der Waals surface area contributed by atoms with Gasteiger partial charge in [-0.3, -0.25) is 25.2 Å². The van der Waals surface area contributed by atoms with Gasteiger partial charge in [0.2, 0.25) is 0 Å². The van der Waals surface area contributed by atoms with Crippen LogP contribution in [0.25, 0.3) is 0 Å². The Bertz CT molecular complexity index is 818. The lowest BCUT2D eigenvalue weighted by atomic mass is 9.99. The standard InChI is InChI=1S/C15H12N4O4/c20-18(21)11-8-12-14(10-4-2-1-3-5-10)16-6-7-17-15(12)13(9-11)19(22)23/h1-5,8-9,17H,6-7H2. The first-order chi connectivity index (χ1) is 11.1. The highest BCUT2D eigenvalue weighted by Gasteiger charge is 2.27. The molecule has 0 fully saturated rings. The average Bonchev–Trinajstić information content (AvgIpc) is 2.76. The number of benzodiazepines with no additional fused rings is 1. The molecule has 0 amide bonds. The Hall–Kier alpha value is -3.29. The lowest BCUT2D eigenvalue weighted by molar-refractivity contribution is -0.393. The molecule has 2 aromatic carbocycles. The highest BCUT2D eigenvalue weighted by Crippen LogP contribution is 2.35. The van der Waals surface area contributed by atoms with Crippen LogP contribution in [0.15, 0.2) is 47.5 Å². The zero-order valence-corrected chi connectivity index (χ0v) is 11.9. The zero-order valence-electron chi connectivity index (χ0n) is 11.9. The molecule has 1 heterocycles. The van der Waals surface area contributed by atoms with Gasteiger partial charge in [0.25, 0.3) is 11.4 Å². The van der Waals surface area contributed by atoms with Crippen LogP contribution in [0.3, 0.4) is 0 Å². The quantitative estimate of drug-likeness (QED) is 0.692. The number of nitro groups is 2. The van der Waals surface area contributed by atoms with Gasteiger partial charge in [0.05, 0.1) is 28.2 Å². The molecule has 0 saturated heterocycles. The molecule has 3 rings (SSSR count). The van der Waals surface area contributed by atoms with Crippen LogP contribution in [-0.4, -0.2) is 28.6 Å². The molecule has 0 aromatic heterocycles. The van der Waals surface area contributed by atoms with Gasteiger partial charge in [-0.1, -0.05) is 30.3 Å². The van der Waals surface area contributed by atoms with Crippen molar-refractivity contribution < 1.29 is 9.85 Å². The summed E-state index contributed by atoms with van der Waals surface area (Å²) in [7, 11) is 0. The minimum atomic E-state index is -0.638. The summed E-state index contributed by atoms with van der Waals surface area (Å²) in [6, 6.07) is 11.4. The van der Waals surface area contributed by atoms with Crippen molar-refractivity contribution in [3.63, 3.8) is 0 Å². The van der Waals surface area contributed by atoms with Crippen molar-refractivity contribution in [3.05, 3.63) is 73.8 Å². The van der Waals surface area contributed by atoms with Crippen LogP contribution in [0.4, 0.5) is 17.1 Å². The third-order valence-corrected chi connectivity index (χ3v) is 3.50. The average molecular weight is 312 g/mol. The summed E-state index contributed by atoms with van der Waals surface area (Å²) in [5, 5.41) is 25.4. The molecule has 8 heteroatoms. The topological polar surface area (TPSA) is 111 Å². The Morgan fingerprint density at radius 1 is 1.04 bits per heavy atom. The van der Waals surface area contributed by atoms with Crippen LogP contribution in [0.1, 0.15) is 11.1 Å². The zero-order chi connectivity index (χ0) is 16.4. The number of hydrogen-bond acceptors (Lipinski definition) is 6. The third kappa shape index (κ3) is 2.73. The van der Waals surface area contributed by atoms with Crippen LogP contribution < -0.4 is 5.32 Å². The molecular weight excluding hydrogens is 300 g/mol. The van der Waals surface area contributed by atoms with E-state index in [0.29, 0.717) is 24.4 Å². The van der Waals surface area contributed by atoms with Crippen molar-refractivity contribution >= 4 is 22.8 Å². The van der Waals surface area contributed by atoms with Gasteiger partial charge < -0.3 is 5.32 Å². The Kier molecular flexibility index (Phi) is 3.71. The van der Waals surface area contributed by atoms with Crippen LogP contribution in [0.2, 0.25) is 0 Å². The van der Waals surface area contributed by atoms with Crippen molar-refractivity contribution in [3.8, 4) is 0 Å². The minimum Gasteiger partial charge on any atom is -0.377 e. The number of nitrogens with zero attached hydrogens (tertiary/aromatic N) is 3. The Balaban J connectivity index is 2.28. The number of fused-ring (bicyclic) bond motifs is 1. The number of hydrogen-bond donors (Lipinski definition) is 1. The van der Waals surface area contributed by atoms with E-state index in [1.54, 1.807) is 0 Å². The van der Waals surface area contributed by atoms with Crippen molar-refractivity contribution in [2.24, 2.45) is 4.99 Å². The molecule has 0 radical (unpaired) electrons. The molecular formula is C15H12N4O4. The van der Waals surface area contributed by atoms with Crippen LogP contribution >= 0.6 is 0 Å². The first-order valence-electron chi connectivity index (χ1n) is 6.89. The van der Waals surface area contributed by atoms with E-state index >= 15 is 0 Å². The van der Waals surface area contributed by atoms with E-state index in [9.17, 15) is 20.2 Å². The maximum atomic E-state index is 11.3. The lowest BCUT2D eigenvalue weighted by Gasteiger charge is -2.11. The second kappa shape index (κ2) is 5.84. The monoisotopic (exact) mass is 312 g/mol. The van der Waals surface area contributed by atoms with Gasteiger partial charge in [-0.2, -0.15) is 0 Å². The van der Waals surface area contributed by atoms with Gasteiger partial charge in [-0.15, -0.1) is 0 Å². The molecule has 116 valence electrons. The van der Waals surface area contributed by atoms with Gasteiger partial charge in [-0.05, 0) is 0 Å². The van der Waals surface area contributed by atoms with Gasteiger partial charge in [0.1, 0.15) is 5.69 Å². The Morgan fingerprint density at radius 2 is 1.78 bits per heavy atom. The predicted octanol–water partition coefficient (Wildman–Crippen LogP) is 2.77. The van der Waals surface area contributed by atoms with Crippen LogP contribution in [-0.2, 0) is 0 Å². The molecule has 0 saturated carbocycles. The number of non-ortho nitro benzene ring substituents is 1. The summed E-state index contributed by atoms with van der Waals surface area (Å²) < 4.78 is 0. The second-order valence-electron chi connectivity index (χ2n) is 4.92. The fourth-order valence-corrected chi connectivity index (χ4v) is 2.51. The number of nitrogens with one attached hydrogen (secondary N) is 1. The Labute approximate surface area is 130 Å². The molecule has 0 spiro atoms. The molecule has 1 aliphatic rings. The van der Waals surface area contributed by atoms with E-state index in [1.165, 1.54) is 6.07 Å². The van der Waals surface area contributed by atoms with Crippen molar-refractivity contribution in [1.29, 1.82) is 0 Å². The SMILES string of the molecule is O=[N+]([O-])c1cc2c(c([N+](=O)[O-])c1)NCCN=C2c1ccccc1. The number of nitro benzene ring substituents is 2. The summed E-state index contributed by atoms with van der Waals surface area (Å²) >= 11 is 0. The fraction of sp³-hybridized carbons (Fsp3) is 0.133. The van der Waals surface area contributed by atoms with E-state index in [1.807, 2.05) is 30.3 Å². The highest BCUT2D eigenvalue weighted by molar-refractivity contribution is 6.17. The van der Waals surface area contributed by atoms with E-state index < -0.39 is 9.85 Å². The molecule has 0 unspecified atom stereocenters. The molecule has 0 bridgehead atoms. The van der Waals surface area contributed by atoms with E-state index in [2.05, 4.69) is 10.3 Å². The normalized spacial score (nSPS) is 13.3. The molecule has 8 nitrogen and oxygen atoms in total. The summed E-state index contributed by atoms with van der Waals surface area (Å²) in [6.45, 7) is 0.839. The molecule has 1 aliphatic heterocycles.